The van der Waals surface area contributed by atoms with E-state index in [1.807, 2.05) is 58.0 Å². The summed E-state index contributed by atoms with van der Waals surface area (Å²) in [5.41, 5.74) is 4.28. The highest BCUT2D eigenvalue weighted by atomic mass is 16.5. The summed E-state index contributed by atoms with van der Waals surface area (Å²) in [4.78, 5) is 32.8. The van der Waals surface area contributed by atoms with Crippen LogP contribution in [0, 0.1) is 0 Å². The minimum absolute atomic E-state index is 0.00704. The van der Waals surface area contributed by atoms with Crippen LogP contribution in [0.3, 0.4) is 0 Å². The van der Waals surface area contributed by atoms with Gasteiger partial charge in [0, 0.05) is 12.2 Å². The number of rotatable bonds is 6. The Balaban J connectivity index is 1.41. The number of hydrogen-bond donors (Lipinski definition) is 1. The van der Waals surface area contributed by atoms with Gasteiger partial charge in [-0.1, -0.05) is 42.5 Å². The van der Waals surface area contributed by atoms with Gasteiger partial charge in [0.15, 0.2) is 0 Å². The molecule has 7 nitrogen and oxygen atoms in total. The van der Waals surface area contributed by atoms with Crippen LogP contribution in [0.15, 0.2) is 72.8 Å². The Kier molecular flexibility index (Phi) is 5.99. The van der Waals surface area contributed by atoms with E-state index in [0.717, 1.165) is 29.6 Å². The van der Waals surface area contributed by atoms with Crippen molar-refractivity contribution in [1.29, 1.82) is 0 Å². The Labute approximate surface area is 198 Å². The van der Waals surface area contributed by atoms with Crippen LogP contribution < -0.4 is 15.0 Å². The maximum absolute atomic E-state index is 13.4. The van der Waals surface area contributed by atoms with E-state index in [1.165, 1.54) is 12.7 Å². The van der Waals surface area contributed by atoms with Gasteiger partial charge in [0.05, 0.1) is 30.3 Å². The van der Waals surface area contributed by atoms with Gasteiger partial charge in [-0.15, -0.1) is 0 Å². The summed E-state index contributed by atoms with van der Waals surface area (Å²) in [6, 6.07) is 22.9. The monoisotopic (exact) mass is 454 g/mol. The number of methoxy groups -OCH3 is 1. The number of amides is 2. The number of anilines is 1. The van der Waals surface area contributed by atoms with Gasteiger partial charge in [-0.3, -0.25) is 9.59 Å². The topological polar surface area (TPSA) is 76.5 Å². The van der Waals surface area contributed by atoms with E-state index in [-0.39, 0.29) is 24.9 Å². The van der Waals surface area contributed by atoms with E-state index < -0.39 is 0 Å². The van der Waals surface area contributed by atoms with E-state index >= 15 is 0 Å². The largest absolute Gasteiger partial charge is 0.496 e. The molecule has 0 fully saturated rings. The number of para-hydroxylation sites is 4. The molecule has 0 spiro atoms. The summed E-state index contributed by atoms with van der Waals surface area (Å²) in [7, 11) is 1.54. The molecule has 0 saturated carbocycles. The Bertz CT molecular complexity index is 1360. The molecule has 2 amide bonds. The molecule has 7 heteroatoms. The lowest BCUT2D eigenvalue weighted by molar-refractivity contribution is -0.119. The van der Waals surface area contributed by atoms with Crippen LogP contribution in [-0.2, 0) is 24.3 Å². The number of imidazole rings is 1. The van der Waals surface area contributed by atoms with E-state index in [9.17, 15) is 9.59 Å². The van der Waals surface area contributed by atoms with Crippen LogP contribution in [-0.4, -0.2) is 35.0 Å². The number of hydrogen-bond acceptors (Lipinski definition) is 4. The van der Waals surface area contributed by atoms with Gasteiger partial charge >= 0.3 is 0 Å². The molecule has 1 N–H and O–H groups in total. The maximum Gasteiger partial charge on any atom is 0.255 e. The SMILES string of the molecule is COc1ccccc1C(=O)NCc1nc2ccccc2n1CC(=O)N1CCCc2ccccc21. The van der Waals surface area contributed by atoms with Crippen molar-refractivity contribution in [2.45, 2.75) is 25.9 Å². The highest BCUT2D eigenvalue weighted by Crippen LogP contribution is 2.27. The molecule has 0 aliphatic carbocycles. The van der Waals surface area contributed by atoms with Crippen molar-refractivity contribution < 1.29 is 14.3 Å². The van der Waals surface area contributed by atoms with Crippen LogP contribution in [0.4, 0.5) is 5.69 Å². The molecular weight excluding hydrogens is 428 g/mol. The lowest BCUT2D eigenvalue weighted by Gasteiger charge is -2.29. The van der Waals surface area contributed by atoms with Crippen molar-refractivity contribution in [2.24, 2.45) is 0 Å². The number of aromatic nitrogens is 2. The van der Waals surface area contributed by atoms with Gasteiger partial charge < -0.3 is 19.5 Å². The molecule has 5 rings (SSSR count). The Morgan fingerprint density at radius 1 is 1.00 bits per heavy atom. The van der Waals surface area contributed by atoms with Crippen LogP contribution in [0.5, 0.6) is 5.75 Å². The van der Waals surface area contributed by atoms with Crippen molar-refractivity contribution >= 4 is 28.5 Å². The van der Waals surface area contributed by atoms with Crippen molar-refractivity contribution in [3.63, 3.8) is 0 Å². The molecule has 0 unspecified atom stereocenters. The number of ether oxygens (including phenoxy) is 1. The second-order valence-electron chi connectivity index (χ2n) is 8.26. The molecular formula is C27H26N4O3. The van der Waals surface area contributed by atoms with Crippen molar-refractivity contribution in [3.8, 4) is 5.75 Å². The fourth-order valence-corrected chi connectivity index (χ4v) is 4.54. The molecule has 3 aromatic carbocycles. The minimum atomic E-state index is -0.257. The van der Waals surface area contributed by atoms with Crippen LogP contribution in [0.25, 0.3) is 11.0 Å². The Morgan fingerprint density at radius 2 is 1.76 bits per heavy atom. The zero-order chi connectivity index (χ0) is 23.5. The first-order valence-electron chi connectivity index (χ1n) is 11.4. The van der Waals surface area contributed by atoms with Gasteiger partial charge in [0.25, 0.3) is 5.91 Å². The quantitative estimate of drug-likeness (QED) is 0.479. The molecule has 0 saturated heterocycles. The summed E-state index contributed by atoms with van der Waals surface area (Å²) in [6.45, 7) is 1.03. The second-order valence-corrected chi connectivity index (χ2v) is 8.26. The molecule has 4 aromatic rings. The van der Waals surface area contributed by atoms with E-state index in [1.54, 1.807) is 18.2 Å². The zero-order valence-electron chi connectivity index (χ0n) is 19.0. The molecule has 34 heavy (non-hydrogen) atoms. The van der Waals surface area contributed by atoms with Crippen molar-refractivity contribution in [1.82, 2.24) is 14.9 Å². The van der Waals surface area contributed by atoms with Crippen LogP contribution in [0.2, 0.25) is 0 Å². The molecule has 1 aromatic heterocycles. The average Bonchev–Trinajstić information content (AvgIpc) is 3.24. The number of nitrogens with zero attached hydrogens (tertiary/aromatic N) is 3. The number of carbonyl (C=O) groups is 2. The predicted molar refractivity (Wildman–Crippen MR) is 131 cm³/mol. The van der Waals surface area contributed by atoms with Gasteiger partial charge in [0.1, 0.15) is 18.1 Å². The zero-order valence-corrected chi connectivity index (χ0v) is 19.0. The molecule has 172 valence electrons. The van der Waals surface area contributed by atoms with Crippen molar-refractivity contribution in [2.75, 3.05) is 18.6 Å². The third kappa shape index (κ3) is 4.12. The van der Waals surface area contributed by atoms with E-state index in [4.69, 9.17) is 9.72 Å². The fraction of sp³-hybridized carbons (Fsp3) is 0.222. The third-order valence-electron chi connectivity index (χ3n) is 6.20. The first kappa shape index (κ1) is 21.7. The fourth-order valence-electron chi connectivity index (χ4n) is 4.54. The average molecular weight is 455 g/mol. The Hall–Kier alpha value is -4.13. The Morgan fingerprint density at radius 3 is 2.65 bits per heavy atom. The summed E-state index contributed by atoms with van der Waals surface area (Å²) in [5, 5.41) is 2.93. The summed E-state index contributed by atoms with van der Waals surface area (Å²) in [6.07, 6.45) is 1.92. The summed E-state index contributed by atoms with van der Waals surface area (Å²) in [5.74, 6) is 0.885. The minimum Gasteiger partial charge on any atom is -0.496 e. The van der Waals surface area contributed by atoms with E-state index in [2.05, 4.69) is 11.4 Å². The van der Waals surface area contributed by atoms with Gasteiger partial charge in [-0.05, 0) is 48.7 Å². The lowest BCUT2D eigenvalue weighted by atomic mass is 10.0. The van der Waals surface area contributed by atoms with Gasteiger partial charge in [-0.25, -0.2) is 4.98 Å². The predicted octanol–water partition coefficient (Wildman–Crippen LogP) is 3.95. The summed E-state index contributed by atoms with van der Waals surface area (Å²) < 4.78 is 7.21. The molecule has 1 aliphatic rings. The number of fused-ring (bicyclic) bond motifs is 2. The lowest BCUT2D eigenvalue weighted by Crippen LogP contribution is -2.38. The van der Waals surface area contributed by atoms with Gasteiger partial charge in [0.2, 0.25) is 5.91 Å². The van der Waals surface area contributed by atoms with Crippen molar-refractivity contribution in [3.05, 3.63) is 89.7 Å². The number of aryl methyl sites for hydroxylation is 1. The number of nitrogens with one attached hydrogen (secondary N) is 1. The maximum atomic E-state index is 13.4. The first-order valence-corrected chi connectivity index (χ1v) is 11.4. The second kappa shape index (κ2) is 9.39. The first-order chi connectivity index (χ1) is 16.7. The highest BCUT2D eigenvalue weighted by Gasteiger charge is 2.24. The van der Waals surface area contributed by atoms with Crippen LogP contribution >= 0.6 is 0 Å². The van der Waals surface area contributed by atoms with Gasteiger partial charge in [-0.2, -0.15) is 0 Å². The number of carbonyl (C=O) groups excluding carboxylic acids is 2. The summed E-state index contributed by atoms with van der Waals surface area (Å²) >= 11 is 0. The molecule has 0 radical (unpaired) electrons. The molecule has 0 atom stereocenters. The third-order valence-corrected chi connectivity index (χ3v) is 6.20. The smallest absolute Gasteiger partial charge is 0.255 e. The van der Waals surface area contributed by atoms with E-state index in [0.29, 0.717) is 23.7 Å². The van der Waals surface area contributed by atoms with Crippen LogP contribution in [0.1, 0.15) is 28.2 Å². The standard InChI is InChI=1S/C27H26N4O3/c1-34-24-15-7-3-11-20(24)27(33)28-17-25-29-21-12-4-6-14-23(21)31(25)18-26(32)30-16-8-10-19-9-2-5-13-22(19)30/h2-7,9,11-15H,8,10,16-18H2,1H3,(H,28,33). The highest BCUT2D eigenvalue weighted by molar-refractivity contribution is 5.97. The number of benzene rings is 3. The molecule has 1 aliphatic heterocycles. The normalized spacial score (nSPS) is 12.9. The molecule has 0 bridgehead atoms. The molecule has 2 heterocycles.